The molecule has 0 fully saturated rings. The summed E-state index contributed by atoms with van der Waals surface area (Å²) in [6.07, 6.45) is 8.30. The molecule has 1 aliphatic heterocycles. The molecule has 2 aliphatic rings. The topological polar surface area (TPSA) is 66.8 Å². The molecule has 6 nitrogen and oxygen atoms in total. The number of hydrogen-bond acceptors (Lipinski definition) is 5. The lowest BCUT2D eigenvalue weighted by molar-refractivity contribution is 0.0474. The van der Waals surface area contributed by atoms with Gasteiger partial charge in [0.15, 0.2) is 18.1 Å². The molecule has 30 heavy (non-hydrogen) atoms. The van der Waals surface area contributed by atoms with Crippen molar-refractivity contribution in [2.75, 3.05) is 13.4 Å². The molecule has 6 heteroatoms. The maximum absolute atomic E-state index is 12.7. The standard InChI is InChI=1S/C24H27NO5/c1-16-12-20(17(2)25(16)11-10-18-6-4-3-5-7-18)21(26)14-28-24(27)19-8-9-22-23(13-19)30-15-29-22/h6,8-9,12-13H,3-5,7,10-11,14-15H2,1-2H3. The van der Waals surface area contributed by atoms with Crippen LogP contribution in [0, 0.1) is 13.8 Å². The van der Waals surface area contributed by atoms with E-state index in [2.05, 4.69) is 10.6 Å². The van der Waals surface area contributed by atoms with E-state index in [1.807, 2.05) is 19.9 Å². The number of carbonyl (C=O) groups is 2. The third kappa shape index (κ3) is 4.27. The van der Waals surface area contributed by atoms with Crippen LogP contribution >= 0.6 is 0 Å². The van der Waals surface area contributed by atoms with Crippen molar-refractivity contribution in [2.45, 2.75) is 52.5 Å². The number of ether oxygens (including phenoxy) is 3. The third-order valence-corrected chi connectivity index (χ3v) is 5.86. The molecule has 1 aromatic carbocycles. The van der Waals surface area contributed by atoms with E-state index >= 15 is 0 Å². The van der Waals surface area contributed by atoms with Gasteiger partial charge in [0.1, 0.15) is 0 Å². The molecule has 0 atom stereocenters. The largest absolute Gasteiger partial charge is 0.454 e. The van der Waals surface area contributed by atoms with E-state index in [4.69, 9.17) is 14.2 Å². The molecule has 0 spiro atoms. The Morgan fingerprint density at radius 3 is 2.73 bits per heavy atom. The minimum Gasteiger partial charge on any atom is -0.454 e. The van der Waals surface area contributed by atoms with Crippen LogP contribution in [0.15, 0.2) is 35.9 Å². The van der Waals surface area contributed by atoms with Crippen LogP contribution in [0.1, 0.15) is 64.2 Å². The average molecular weight is 409 g/mol. The Labute approximate surface area is 176 Å². The molecule has 0 bridgehead atoms. The van der Waals surface area contributed by atoms with Crippen LogP contribution in [0.3, 0.4) is 0 Å². The molecule has 0 saturated carbocycles. The van der Waals surface area contributed by atoms with Crippen molar-refractivity contribution in [1.82, 2.24) is 4.57 Å². The Morgan fingerprint density at radius 1 is 1.10 bits per heavy atom. The Bertz CT molecular complexity index is 1000. The summed E-state index contributed by atoms with van der Waals surface area (Å²) in [5.41, 5.74) is 4.43. The van der Waals surface area contributed by atoms with Crippen LogP contribution in [0.2, 0.25) is 0 Å². The second kappa shape index (κ2) is 8.78. The maximum Gasteiger partial charge on any atom is 0.338 e. The molecule has 158 valence electrons. The fraction of sp³-hybridized carbons (Fsp3) is 0.417. The van der Waals surface area contributed by atoms with Crippen LogP contribution in [0.25, 0.3) is 0 Å². The van der Waals surface area contributed by atoms with E-state index in [-0.39, 0.29) is 19.2 Å². The summed E-state index contributed by atoms with van der Waals surface area (Å²) in [4.78, 5) is 25.0. The van der Waals surface area contributed by atoms with Crippen LogP contribution < -0.4 is 9.47 Å². The Hall–Kier alpha value is -3.02. The molecular weight excluding hydrogens is 382 g/mol. The molecule has 1 aromatic heterocycles. The summed E-state index contributed by atoms with van der Waals surface area (Å²) in [6, 6.07) is 6.73. The zero-order chi connectivity index (χ0) is 21.1. The van der Waals surface area contributed by atoms with Crippen LogP contribution in [0.5, 0.6) is 11.5 Å². The van der Waals surface area contributed by atoms with Gasteiger partial charge in [0, 0.05) is 23.5 Å². The number of aromatic nitrogens is 1. The van der Waals surface area contributed by atoms with Gasteiger partial charge in [-0.2, -0.15) is 0 Å². The molecule has 0 radical (unpaired) electrons. The first kappa shape index (κ1) is 20.3. The molecule has 0 N–H and O–H groups in total. The maximum atomic E-state index is 12.7. The number of nitrogens with zero attached hydrogens (tertiary/aromatic N) is 1. The molecule has 0 amide bonds. The van der Waals surface area contributed by atoms with Crippen LogP contribution in [0.4, 0.5) is 0 Å². The predicted molar refractivity (Wildman–Crippen MR) is 112 cm³/mol. The highest BCUT2D eigenvalue weighted by molar-refractivity contribution is 6.00. The quantitative estimate of drug-likeness (QED) is 0.375. The number of Topliss-reactive ketones (excluding diaryl/α,β-unsaturated/α-hetero) is 1. The van der Waals surface area contributed by atoms with Gasteiger partial charge < -0.3 is 18.8 Å². The van der Waals surface area contributed by atoms with Gasteiger partial charge in [-0.3, -0.25) is 4.79 Å². The van der Waals surface area contributed by atoms with Crippen molar-refractivity contribution >= 4 is 11.8 Å². The fourth-order valence-electron chi connectivity index (χ4n) is 4.13. The highest BCUT2D eigenvalue weighted by Gasteiger charge is 2.20. The van der Waals surface area contributed by atoms with Crippen molar-refractivity contribution in [1.29, 1.82) is 0 Å². The van der Waals surface area contributed by atoms with Crippen molar-refractivity contribution in [2.24, 2.45) is 0 Å². The number of aryl methyl sites for hydroxylation is 1. The summed E-state index contributed by atoms with van der Waals surface area (Å²) < 4.78 is 18.0. The number of allylic oxidation sites excluding steroid dienone is 2. The first-order valence-corrected chi connectivity index (χ1v) is 10.5. The van der Waals surface area contributed by atoms with Crippen LogP contribution in [-0.2, 0) is 11.3 Å². The lowest BCUT2D eigenvalue weighted by Crippen LogP contribution is -2.15. The summed E-state index contributed by atoms with van der Waals surface area (Å²) in [7, 11) is 0. The van der Waals surface area contributed by atoms with E-state index < -0.39 is 5.97 Å². The summed E-state index contributed by atoms with van der Waals surface area (Å²) in [6.45, 7) is 4.68. The average Bonchev–Trinajstić information content (AvgIpc) is 3.34. The molecular formula is C24H27NO5. The minimum atomic E-state index is -0.556. The van der Waals surface area contributed by atoms with Gasteiger partial charge in [0.05, 0.1) is 5.56 Å². The van der Waals surface area contributed by atoms with Gasteiger partial charge in [-0.05, 0) is 70.2 Å². The zero-order valence-electron chi connectivity index (χ0n) is 17.5. The summed E-state index contributed by atoms with van der Waals surface area (Å²) >= 11 is 0. The van der Waals surface area contributed by atoms with E-state index in [1.165, 1.54) is 31.3 Å². The molecule has 0 saturated heterocycles. The molecule has 0 unspecified atom stereocenters. The second-order valence-electron chi connectivity index (χ2n) is 7.86. The Balaban J connectivity index is 1.37. The number of hydrogen-bond donors (Lipinski definition) is 0. The third-order valence-electron chi connectivity index (χ3n) is 5.86. The van der Waals surface area contributed by atoms with E-state index in [0.717, 1.165) is 24.4 Å². The summed E-state index contributed by atoms with van der Waals surface area (Å²) in [5.74, 6) is 0.353. The predicted octanol–water partition coefficient (Wildman–Crippen LogP) is 4.76. The number of ketones is 1. The van der Waals surface area contributed by atoms with Crippen molar-refractivity contribution in [3.8, 4) is 11.5 Å². The molecule has 1 aliphatic carbocycles. The van der Waals surface area contributed by atoms with Crippen molar-refractivity contribution in [3.05, 3.63) is 58.4 Å². The number of benzene rings is 1. The second-order valence-corrected chi connectivity index (χ2v) is 7.86. The molecule has 2 aromatic rings. The number of fused-ring (bicyclic) bond motifs is 1. The van der Waals surface area contributed by atoms with Gasteiger partial charge in [-0.1, -0.05) is 11.6 Å². The lowest BCUT2D eigenvalue weighted by Gasteiger charge is -2.15. The SMILES string of the molecule is Cc1cc(C(=O)COC(=O)c2ccc3c(c2)OCO3)c(C)n1CCC1=CCCCC1. The van der Waals surface area contributed by atoms with Gasteiger partial charge in [-0.15, -0.1) is 0 Å². The smallest absolute Gasteiger partial charge is 0.338 e. The van der Waals surface area contributed by atoms with E-state index in [1.54, 1.807) is 18.2 Å². The monoisotopic (exact) mass is 409 g/mol. The molecule has 4 rings (SSSR count). The van der Waals surface area contributed by atoms with Crippen LogP contribution in [-0.4, -0.2) is 29.7 Å². The zero-order valence-corrected chi connectivity index (χ0v) is 17.5. The normalized spacial score (nSPS) is 15.1. The Kier molecular flexibility index (Phi) is 5.93. The van der Waals surface area contributed by atoms with Crippen molar-refractivity contribution < 1.29 is 23.8 Å². The summed E-state index contributed by atoms with van der Waals surface area (Å²) in [5, 5.41) is 0. The lowest BCUT2D eigenvalue weighted by atomic mass is 9.97. The van der Waals surface area contributed by atoms with Gasteiger partial charge >= 0.3 is 5.97 Å². The number of rotatable bonds is 7. The first-order chi connectivity index (χ1) is 14.5. The number of carbonyl (C=O) groups excluding carboxylic acids is 2. The highest BCUT2D eigenvalue weighted by atomic mass is 16.7. The minimum absolute atomic E-state index is 0.138. The van der Waals surface area contributed by atoms with Crippen molar-refractivity contribution in [3.63, 3.8) is 0 Å². The van der Waals surface area contributed by atoms with Gasteiger partial charge in [-0.25, -0.2) is 4.79 Å². The fourth-order valence-corrected chi connectivity index (χ4v) is 4.13. The van der Waals surface area contributed by atoms with E-state index in [9.17, 15) is 9.59 Å². The van der Waals surface area contributed by atoms with Gasteiger partial charge in [0.25, 0.3) is 0 Å². The van der Waals surface area contributed by atoms with Gasteiger partial charge in [0.2, 0.25) is 12.6 Å². The highest BCUT2D eigenvalue weighted by Crippen LogP contribution is 2.32. The van der Waals surface area contributed by atoms with E-state index in [0.29, 0.717) is 22.6 Å². The molecule has 2 heterocycles. The number of esters is 1. The first-order valence-electron chi connectivity index (χ1n) is 10.5. The Morgan fingerprint density at radius 2 is 1.93 bits per heavy atom.